The summed E-state index contributed by atoms with van der Waals surface area (Å²) in [6, 6.07) is 3.45. The van der Waals surface area contributed by atoms with E-state index in [0.717, 1.165) is 0 Å². The first-order chi connectivity index (χ1) is 10.1. The highest BCUT2D eigenvalue weighted by Gasteiger charge is 2.24. The third kappa shape index (κ3) is 2.72. The highest BCUT2D eigenvalue weighted by molar-refractivity contribution is 8.26. The fourth-order valence-corrected chi connectivity index (χ4v) is 3.04. The molecular weight excluding hydrogens is 312 g/mol. The van der Waals surface area contributed by atoms with E-state index in [-0.39, 0.29) is 18.4 Å². The number of fused-ring (bicyclic) bond motifs is 1. The lowest BCUT2D eigenvalue weighted by atomic mass is 10.1. The highest BCUT2D eigenvalue weighted by atomic mass is 32.2. The van der Waals surface area contributed by atoms with Gasteiger partial charge >= 0.3 is 0 Å². The number of amides is 2. The summed E-state index contributed by atoms with van der Waals surface area (Å²) in [6.07, 6.45) is 1.68. The number of benzene rings is 1. The maximum absolute atomic E-state index is 11.7. The Morgan fingerprint density at radius 2 is 2.19 bits per heavy atom. The molecule has 1 aromatic carbocycles. The van der Waals surface area contributed by atoms with Gasteiger partial charge in [-0.05, 0) is 23.8 Å². The van der Waals surface area contributed by atoms with Crippen LogP contribution < -0.4 is 20.1 Å². The Bertz CT molecular complexity index is 700. The molecule has 0 spiro atoms. The van der Waals surface area contributed by atoms with Crippen molar-refractivity contribution < 1.29 is 19.1 Å². The molecule has 2 aliphatic rings. The van der Waals surface area contributed by atoms with Crippen LogP contribution in [0.25, 0.3) is 6.08 Å². The maximum Gasteiger partial charge on any atom is 0.263 e. The van der Waals surface area contributed by atoms with Crippen molar-refractivity contribution in [2.24, 2.45) is 0 Å². The number of rotatable bonds is 2. The molecule has 0 aliphatic carbocycles. The topological polar surface area (TPSA) is 76.7 Å². The standard InChI is InChI=1S/C13H10N2O4S2/c1-18-8-3-6(4-9-12(17)15-13(20)21-9)2-7-11(8)19-5-10(16)14-7/h2-4H,5H2,1H3,(H,14,16)(H,15,17,20)/b9-4+. The Labute approximate surface area is 129 Å². The smallest absolute Gasteiger partial charge is 0.263 e. The van der Waals surface area contributed by atoms with Gasteiger partial charge in [0.1, 0.15) is 4.32 Å². The number of hydrogen-bond donors (Lipinski definition) is 2. The Hall–Kier alpha value is -2.06. The summed E-state index contributed by atoms with van der Waals surface area (Å²) in [5, 5.41) is 5.26. The lowest BCUT2D eigenvalue weighted by Gasteiger charge is -2.20. The molecule has 0 atom stereocenters. The van der Waals surface area contributed by atoms with Gasteiger partial charge in [0.15, 0.2) is 18.1 Å². The van der Waals surface area contributed by atoms with Crippen LogP contribution in [0.4, 0.5) is 5.69 Å². The minimum Gasteiger partial charge on any atom is -0.493 e. The van der Waals surface area contributed by atoms with Gasteiger partial charge in [0.2, 0.25) is 0 Å². The van der Waals surface area contributed by atoms with E-state index in [1.165, 1.54) is 18.9 Å². The fraction of sp³-hybridized carbons (Fsp3) is 0.154. The molecule has 2 heterocycles. The van der Waals surface area contributed by atoms with Crippen LogP contribution in [0.2, 0.25) is 0 Å². The number of hydrogen-bond acceptors (Lipinski definition) is 6. The molecule has 1 aromatic rings. The normalized spacial score (nSPS) is 18.9. The van der Waals surface area contributed by atoms with Gasteiger partial charge in [0.05, 0.1) is 17.7 Å². The molecule has 2 amide bonds. The summed E-state index contributed by atoms with van der Waals surface area (Å²) >= 11 is 6.13. The van der Waals surface area contributed by atoms with Crippen LogP contribution in [0.15, 0.2) is 17.0 Å². The minimum atomic E-state index is -0.234. The van der Waals surface area contributed by atoms with E-state index in [1.54, 1.807) is 18.2 Å². The second-order valence-electron chi connectivity index (χ2n) is 4.29. The molecule has 21 heavy (non-hydrogen) atoms. The van der Waals surface area contributed by atoms with Crippen molar-refractivity contribution in [3.8, 4) is 11.5 Å². The van der Waals surface area contributed by atoms with E-state index >= 15 is 0 Å². The predicted molar refractivity (Wildman–Crippen MR) is 83.4 cm³/mol. The van der Waals surface area contributed by atoms with Crippen molar-refractivity contribution in [1.29, 1.82) is 0 Å². The summed E-state index contributed by atoms with van der Waals surface area (Å²) in [7, 11) is 1.51. The summed E-state index contributed by atoms with van der Waals surface area (Å²) in [4.78, 5) is 23.6. The number of nitrogens with one attached hydrogen (secondary N) is 2. The zero-order valence-corrected chi connectivity index (χ0v) is 12.5. The van der Waals surface area contributed by atoms with Crippen molar-refractivity contribution in [3.05, 3.63) is 22.6 Å². The van der Waals surface area contributed by atoms with Crippen LogP contribution in [0.3, 0.4) is 0 Å². The molecule has 108 valence electrons. The molecule has 8 heteroatoms. The first-order valence-electron chi connectivity index (χ1n) is 5.96. The predicted octanol–water partition coefficient (Wildman–Crippen LogP) is 1.51. The second-order valence-corrected chi connectivity index (χ2v) is 6.01. The van der Waals surface area contributed by atoms with Crippen LogP contribution in [0, 0.1) is 0 Å². The van der Waals surface area contributed by atoms with E-state index < -0.39 is 0 Å². The lowest BCUT2D eigenvalue weighted by molar-refractivity contribution is -0.118. The number of anilines is 1. The van der Waals surface area contributed by atoms with E-state index in [4.69, 9.17) is 21.7 Å². The average Bonchev–Trinajstić information content (AvgIpc) is 2.75. The number of thiocarbonyl (C=S) groups is 1. The van der Waals surface area contributed by atoms with Crippen LogP contribution in [-0.2, 0) is 9.59 Å². The van der Waals surface area contributed by atoms with Crippen molar-refractivity contribution >= 4 is 51.9 Å². The lowest BCUT2D eigenvalue weighted by Crippen LogP contribution is -2.25. The summed E-state index contributed by atoms with van der Waals surface area (Å²) in [5.74, 6) is 0.508. The first-order valence-corrected chi connectivity index (χ1v) is 7.19. The third-order valence-electron chi connectivity index (χ3n) is 2.86. The number of carbonyl (C=O) groups excluding carboxylic acids is 2. The fourth-order valence-electron chi connectivity index (χ4n) is 2.00. The van der Waals surface area contributed by atoms with Gasteiger partial charge < -0.3 is 20.1 Å². The molecule has 0 unspecified atom stereocenters. The van der Waals surface area contributed by atoms with E-state index in [0.29, 0.717) is 32.0 Å². The van der Waals surface area contributed by atoms with Crippen molar-refractivity contribution in [2.45, 2.75) is 0 Å². The summed E-state index contributed by atoms with van der Waals surface area (Å²) < 4.78 is 11.0. The Morgan fingerprint density at radius 1 is 1.38 bits per heavy atom. The van der Waals surface area contributed by atoms with E-state index in [1.807, 2.05) is 0 Å². The van der Waals surface area contributed by atoms with Crippen molar-refractivity contribution in [1.82, 2.24) is 5.32 Å². The largest absolute Gasteiger partial charge is 0.493 e. The van der Waals surface area contributed by atoms with Gasteiger partial charge in [0.25, 0.3) is 11.8 Å². The van der Waals surface area contributed by atoms with Crippen LogP contribution in [0.5, 0.6) is 11.5 Å². The van der Waals surface area contributed by atoms with Gasteiger partial charge in [0, 0.05) is 0 Å². The Kier molecular flexibility index (Phi) is 3.56. The van der Waals surface area contributed by atoms with E-state index in [2.05, 4.69) is 10.6 Å². The summed E-state index contributed by atoms with van der Waals surface area (Å²) in [5.41, 5.74) is 1.22. The van der Waals surface area contributed by atoms with Gasteiger partial charge in [-0.2, -0.15) is 0 Å². The molecule has 2 N–H and O–H groups in total. The van der Waals surface area contributed by atoms with Gasteiger partial charge in [-0.25, -0.2) is 0 Å². The summed E-state index contributed by atoms with van der Waals surface area (Å²) in [6.45, 7) is -0.0453. The zero-order valence-electron chi connectivity index (χ0n) is 10.9. The van der Waals surface area contributed by atoms with Gasteiger partial charge in [-0.1, -0.05) is 24.0 Å². The highest BCUT2D eigenvalue weighted by Crippen LogP contribution is 2.39. The zero-order chi connectivity index (χ0) is 15.0. The number of thioether (sulfide) groups is 1. The molecule has 2 aliphatic heterocycles. The van der Waals surface area contributed by atoms with E-state index in [9.17, 15) is 9.59 Å². The minimum absolute atomic E-state index is 0.0453. The Balaban J connectivity index is 2.02. The average molecular weight is 322 g/mol. The first kappa shape index (κ1) is 13.9. The monoisotopic (exact) mass is 322 g/mol. The van der Waals surface area contributed by atoms with Crippen LogP contribution in [0.1, 0.15) is 5.56 Å². The molecule has 1 fully saturated rings. The molecule has 3 rings (SSSR count). The molecule has 1 saturated heterocycles. The molecule has 6 nitrogen and oxygen atoms in total. The second kappa shape index (κ2) is 5.38. The third-order valence-corrected chi connectivity index (χ3v) is 4.02. The van der Waals surface area contributed by atoms with Crippen molar-refractivity contribution in [2.75, 3.05) is 19.0 Å². The number of carbonyl (C=O) groups is 2. The van der Waals surface area contributed by atoms with Crippen LogP contribution >= 0.6 is 24.0 Å². The Morgan fingerprint density at radius 3 is 2.86 bits per heavy atom. The van der Waals surface area contributed by atoms with Gasteiger partial charge in [-0.3, -0.25) is 9.59 Å². The number of ether oxygens (including phenoxy) is 2. The molecule has 0 bridgehead atoms. The molecule has 0 radical (unpaired) electrons. The molecule has 0 aromatic heterocycles. The van der Waals surface area contributed by atoms with Crippen LogP contribution in [-0.4, -0.2) is 29.9 Å². The maximum atomic E-state index is 11.7. The van der Waals surface area contributed by atoms with Gasteiger partial charge in [-0.15, -0.1) is 0 Å². The molecular formula is C13H10N2O4S2. The number of methoxy groups -OCH3 is 1. The van der Waals surface area contributed by atoms with Crippen molar-refractivity contribution in [3.63, 3.8) is 0 Å². The SMILES string of the molecule is COc1cc(/C=C2/SC(=S)NC2=O)cc2c1OCC(=O)N2. The molecule has 0 saturated carbocycles. The quantitative estimate of drug-likeness (QED) is 0.635.